The first-order valence-electron chi connectivity index (χ1n) is 7.30. The van der Waals surface area contributed by atoms with Crippen LogP contribution in [0.3, 0.4) is 0 Å². The molecule has 2 aromatic rings. The molecule has 21 heavy (non-hydrogen) atoms. The Morgan fingerprint density at radius 3 is 3.00 bits per heavy atom. The maximum Gasteiger partial charge on any atom is 0.352 e. The van der Waals surface area contributed by atoms with Crippen molar-refractivity contribution in [1.82, 2.24) is 9.88 Å². The first-order chi connectivity index (χ1) is 10.1. The lowest BCUT2D eigenvalue weighted by Crippen LogP contribution is -2.43. The average molecular weight is 282 g/mol. The van der Waals surface area contributed by atoms with E-state index in [9.17, 15) is 9.90 Å². The van der Waals surface area contributed by atoms with Crippen LogP contribution in [0, 0.1) is 0 Å². The molecule has 2 N–H and O–H groups in total. The second kappa shape index (κ2) is 4.21. The zero-order chi connectivity index (χ0) is 14.7. The number of hydrogen-bond acceptors (Lipinski definition) is 2. The van der Waals surface area contributed by atoms with E-state index in [1.54, 1.807) is 0 Å². The van der Waals surface area contributed by atoms with E-state index in [2.05, 4.69) is 36.0 Å². The summed E-state index contributed by atoms with van der Waals surface area (Å²) < 4.78 is 0. The van der Waals surface area contributed by atoms with E-state index in [0.29, 0.717) is 17.7 Å². The van der Waals surface area contributed by atoms with Crippen molar-refractivity contribution in [3.63, 3.8) is 0 Å². The Morgan fingerprint density at radius 1 is 1.43 bits per heavy atom. The maximum atomic E-state index is 11.5. The highest BCUT2D eigenvalue weighted by molar-refractivity contribution is 5.99. The van der Waals surface area contributed by atoms with Gasteiger partial charge in [-0.05, 0) is 37.6 Å². The van der Waals surface area contributed by atoms with Crippen molar-refractivity contribution in [2.24, 2.45) is 0 Å². The van der Waals surface area contributed by atoms with Crippen LogP contribution in [-0.2, 0) is 6.42 Å². The van der Waals surface area contributed by atoms with Gasteiger partial charge in [-0.1, -0.05) is 23.8 Å². The molecule has 2 heterocycles. The van der Waals surface area contributed by atoms with Gasteiger partial charge in [0.25, 0.3) is 0 Å². The molecule has 2 atom stereocenters. The summed E-state index contributed by atoms with van der Waals surface area (Å²) in [6, 6.07) is 6.48. The van der Waals surface area contributed by atoms with E-state index in [-0.39, 0.29) is 0 Å². The summed E-state index contributed by atoms with van der Waals surface area (Å²) in [6.45, 7) is 3.13. The Labute approximate surface area is 123 Å². The summed E-state index contributed by atoms with van der Waals surface area (Å²) in [7, 11) is 2.13. The highest BCUT2D eigenvalue weighted by atomic mass is 16.4. The summed E-state index contributed by atoms with van der Waals surface area (Å²) in [6.07, 6.45) is 3.15. The predicted octanol–water partition coefficient (Wildman–Crippen LogP) is 2.77. The van der Waals surface area contributed by atoms with Gasteiger partial charge in [0, 0.05) is 29.4 Å². The molecule has 0 amide bonds. The Hall–Kier alpha value is -2.07. The summed E-state index contributed by atoms with van der Waals surface area (Å²) >= 11 is 0. The molecule has 4 heteroatoms. The molecule has 0 saturated heterocycles. The minimum absolute atomic E-state index is 0.348. The van der Waals surface area contributed by atoms with E-state index < -0.39 is 5.97 Å². The SMILES string of the molecule is CC1=C[C@@H]2c3cccc4[nH]c(C(=O)O)c(c34)C[C@H]2N(C)C1. The normalized spacial score (nSPS) is 24.8. The number of carboxylic acids is 1. The minimum atomic E-state index is -0.865. The Morgan fingerprint density at radius 2 is 2.24 bits per heavy atom. The van der Waals surface area contributed by atoms with Crippen LogP contribution in [0.1, 0.15) is 34.5 Å². The Kier molecular flexibility index (Phi) is 2.54. The lowest BCUT2D eigenvalue weighted by molar-refractivity contribution is 0.0689. The van der Waals surface area contributed by atoms with Crippen molar-refractivity contribution in [3.8, 4) is 0 Å². The third kappa shape index (κ3) is 1.69. The van der Waals surface area contributed by atoms with Gasteiger partial charge in [-0.15, -0.1) is 0 Å². The zero-order valence-electron chi connectivity index (χ0n) is 12.2. The maximum absolute atomic E-state index is 11.5. The molecular formula is C17H18N2O2. The number of carboxylic acid groups (broad SMARTS) is 1. The zero-order valence-corrected chi connectivity index (χ0v) is 12.2. The van der Waals surface area contributed by atoms with Crippen molar-refractivity contribution in [3.05, 3.63) is 46.7 Å². The van der Waals surface area contributed by atoms with Crippen molar-refractivity contribution in [2.45, 2.75) is 25.3 Å². The van der Waals surface area contributed by atoms with E-state index >= 15 is 0 Å². The topological polar surface area (TPSA) is 56.3 Å². The third-order valence-electron chi connectivity index (χ3n) is 4.89. The first kappa shape index (κ1) is 12.7. The summed E-state index contributed by atoms with van der Waals surface area (Å²) in [5.74, 6) is -0.506. The number of carbonyl (C=O) groups is 1. The van der Waals surface area contributed by atoms with Gasteiger partial charge < -0.3 is 10.1 Å². The fourth-order valence-electron chi connectivity index (χ4n) is 4.05. The molecule has 0 unspecified atom stereocenters. The molecule has 1 aromatic heterocycles. The molecular weight excluding hydrogens is 264 g/mol. The number of hydrogen-bond donors (Lipinski definition) is 2. The van der Waals surface area contributed by atoms with E-state index in [1.807, 2.05) is 12.1 Å². The molecule has 108 valence electrons. The molecule has 1 aliphatic heterocycles. The molecule has 4 rings (SSSR count). The average Bonchev–Trinajstić information content (AvgIpc) is 2.81. The van der Waals surface area contributed by atoms with Crippen LogP contribution in [-0.4, -0.2) is 40.6 Å². The summed E-state index contributed by atoms with van der Waals surface area (Å²) in [5, 5.41) is 10.6. The molecule has 1 aliphatic carbocycles. The number of benzene rings is 1. The van der Waals surface area contributed by atoms with Gasteiger partial charge >= 0.3 is 5.97 Å². The molecule has 0 bridgehead atoms. The second-order valence-corrected chi connectivity index (χ2v) is 6.28. The number of aromatic carboxylic acids is 1. The quantitative estimate of drug-likeness (QED) is 0.791. The van der Waals surface area contributed by atoms with Crippen molar-refractivity contribution >= 4 is 16.9 Å². The number of rotatable bonds is 1. The first-order valence-corrected chi connectivity index (χ1v) is 7.30. The van der Waals surface area contributed by atoms with Crippen LogP contribution in [0.4, 0.5) is 0 Å². The van der Waals surface area contributed by atoms with Gasteiger partial charge in [0.2, 0.25) is 0 Å². The standard InChI is InChI=1S/C17H18N2O2/c1-9-6-11-10-4-3-5-13-15(10)12(16(18-13)17(20)21)7-14(11)19(2)8-9/h3-6,11,14,18H,7-8H2,1-2H3,(H,20,21)/t11-,14-/m1/s1. The number of fused-ring (bicyclic) bond motifs is 2. The highest BCUT2D eigenvalue weighted by Gasteiger charge is 2.37. The summed E-state index contributed by atoms with van der Waals surface area (Å²) in [4.78, 5) is 17.0. The van der Waals surface area contributed by atoms with Gasteiger partial charge in [0.15, 0.2) is 0 Å². The number of nitrogens with one attached hydrogen (secondary N) is 1. The number of aromatic amines is 1. The number of H-pyrrole nitrogens is 1. The van der Waals surface area contributed by atoms with Crippen LogP contribution in [0.15, 0.2) is 29.8 Å². The van der Waals surface area contributed by atoms with Crippen molar-refractivity contribution in [1.29, 1.82) is 0 Å². The van der Waals surface area contributed by atoms with E-state index in [4.69, 9.17) is 0 Å². The van der Waals surface area contributed by atoms with Gasteiger partial charge in [-0.2, -0.15) is 0 Å². The fraction of sp³-hybridized carbons (Fsp3) is 0.353. The monoisotopic (exact) mass is 282 g/mol. The molecule has 4 nitrogen and oxygen atoms in total. The van der Waals surface area contributed by atoms with Crippen molar-refractivity contribution in [2.75, 3.05) is 13.6 Å². The van der Waals surface area contributed by atoms with Crippen molar-refractivity contribution < 1.29 is 9.90 Å². The minimum Gasteiger partial charge on any atom is -0.477 e. The largest absolute Gasteiger partial charge is 0.477 e. The molecule has 2 aliphatic rings. The number of aromatic nitrogens is 1. The molecule has 0 fully saturated rings. The van der Waals surface area contributed by atoms with Gasteiger partial charge in [0.05, 0.1) is 0 Å². The Balaban J connectivity index is 2.02. The lowest BCUT2D eigenvalue weighted by atomic mass is 9.76. The highest BCUT2D eigenvalue weighted by Crippen LogP contribution is 2.42. The summed E-state index contributed by atoms with van der Waals surface area (Å²) in [5.41, 5.74) is 4.91. The lowest BCUT2D eigenvalue weighted by Gasteiger charge is -2.40. The Bertz CT molecular complexity index is 787. The predicted molar refractivity (Wildman–Crippen MR) is 81.9 cm³/mol. The van der Waals surface area contributed by atoms with Crippen LogP contribution >= 0.6 is 0 Å². The molecule has 0 radical (unpaired) electrons. The molecule has 0 saturated carbocycles. The van der Waals surface area contributed by atoms with Gasteiger partial charge in [-0.25, -0.2) is 4.79 Å². The van der Waals surface area contributed by atoms with Gasteiger partial charge in [0.1, 0.15) is 5.69 Å². The number of nitrogens with zero attached hydrogens (tertiary/aromatic N) is 1. The third-order valence-corrected chi connectivity index (χ3v) is 4.89. The molecule has 0 spiro atoms. The van der Waals surface area contributed by atoms with Crippen LogP contribution in [0.5, 0.6) is 0 Å². The van der Waals surface area contributed by atoms with E-state index in [1.165, 1.54) is 11.1 Å². The second-order valence-electron chi connectivity index (χ2n) is 6.28. The smallest absolute Gasteiger partial charge is 0.352 e. The molecule has 1 aromatic carbocycles. The fourth-order valence-corrected chi connectivity index (χ4v) is 4.05. The van der Waals surface area contributed by atoms with Gasteiger partial charge in [-0.3, -0.25) is 4.90 Å². The van der Waals surface area contributed by atoms with E-state index in [0.717, 1.165) is 29.4 Å². The van der Waals surface area contributed by atoms with Crippen LogP contribution < -0.4 is 0 Å². The van der Waals surface area contributed by atoms with Crippen LogP contribution in [0.25, 0.3) is 10.9 Å². The van der Waals surface area contributed by atoms with Crippen LogP contribution in [0.2, 0.25) is 0 Å². The number of likely N-dealkylation sites (N-methyl/N-ethyl adjacent to an activating group) is 1.